The average Bonchev–Trinajstić information content (AvgIpc) is 2.37. The van der Waals surface area contributed by atoms with Gasteiger partial charge in [0.25, 0.3) is 5.69 Å². The molecule has 0 heterocycles. The zero-order chi connectivity index (χ0) is 14.0. The number of nitrogens with zero attached hydrogens (tertiary/aromatic N) is 1. The summed E-state index contributed by atoms with van der Waals surface area (Å²) in [6.45, 7) is 0. The first-order chi connectivity index (χ1) is 8.99. The second kappa shape index (κ2) is 5.07. The van der Waals surface area contributed by atoms with E-state index >= 15 is 0 Å². The summed E-state index contributed by atoms with van der Waals surface area (Å²) in [5, 5.41) is 20.3. The number of rotatable bonds is 3. The summed E-state index contributed by atoms with van der Waals surface area (Å²) in [7, 11) is 0. The molecule has 5 nitrogen and oxygen atoms in total. The quantitative estimate of drug-likeness (QED) is 0.686. The number of aromatic carboxylic acids is 1. The second-order valence-electron chi connectivity index (χ2n) is 3.80. The van der Waals surface area contributed by atoms with E-state index in [1.165, 1.54) is 18.2 Å². The van der Waals surface area contributed by atoms with Crippen molar-refractivity contribution in [1.29, 1.82) is 0 Å². The maximum absolute atomic E-state index is 10.9. The molecule has 2 aromatic rings. The highest BCUT2D eigenvalue weighted by Crippen LogP contribution is 2.28. The third kappa shape index (κ3) is 2.71. The Morgan fingerprint density at radius 2 is 1.84 bits per heavy atom. The molecular formula is C13H8ClNO4. The normalized spacial score (nSPS) is 10.2. The predicted octanol–water partition coefficient (Wildman–Crippen LogP) is 3.61. The maximum atomic E-state index is 10.9. The molecular weight excluding hydrogens is 270 g/mol. The Morgan fingerprint density at radius 1 is 1.16 bits per heavy atom. The van der Waals surface area contributed by atoms with E-state index in [0.717, 1.165) is 0 Å². The number of carboxylic acid groups (broad SMARTS) is 1. The minimum atomic E-state index is -1.33. The first kappa shape index (κ1) is 13.0. The van der Waals surface area contributed by atoms with Gasteiger partial charge in [0, 0.05) is 11.1 Å². The van der Waals surface area contributed by atoms with Crippen molar-refractivity contribution in [3.8, 4) is 11.1 Å². The van der Waals surface area contributed by atoms with Gasteiger partial charge >= 0.3 is 5.97 Å². The maximum Gasteiger partial charge on any atom is 0.342 e. The number of carboxylic acids is 1. The number of benzene rings is 2. The molecule has 2 rings (SSSR count). The molecule has 0 aromatic heterocycles. The molecule has 2 aromatic carbocycles. The van der Waals surface area contributed by atoms with Crippen LogP contribution >= 0.6 is 11.6 Å². The lowest BCUT2D eigenvalue weighted by Gasteiger charge is -2.04. The second-order valence-corrected chi connectivity index (χ2v) is 4.24. The molecule has 6 heteroatoms. The van der Waals surface area contributed by atoms with Gasteiger partial charge in [0.1, 0.15) is 5.56 Å². The van der Waals surface area contributed by atoms with Gasteiger partial charge in [-0.15, -0.1) is 0 Å². The largest absolute Gasteiger partial charge is 0.477 e. The standard InChI is InChI=1S/C13H8ClNO4/c14-10-3-1-2-8(6-10)9-4-5-11(13(16)17)12(7-9)15(18)19/h1-7H,(H,16,17). The van der Waals surface area contributed by atoms with Gasteiger partial charge in [0.15, 0.2) is 0 Å². The van der Waals surface area contributed by atoms with Gasteiger partial charge < -0.3 is 5.11 Å². The molecule has 1 N–H and O–H groups in total. The molecule has 96 valence electrons. The third-order valence-corrected chi connectivity index (χ3v) is 2.82. The number of carbonyl (C=O) groups is 1. The Labute approximate surface area is 113 Å². The Morgan fingerprint density at radius 3 is 2.42 bits per heavy atom. The molecule has 0 aliphatic heterocycles. The molecule has 0 atom stereocenters. The van der Waals surface area contributed by atoms with Gasteiger partial charge in [-0.05, 0) is 29.3 Å². The van der Waals surface area contributed by atoms with E-state index in [1.807, 2.05) is 0 Å². The number of hydrogen-bond donors (Lipinski definition) is 1. The number of halogens is 1. The Hall–Kier alpha value is -2.40. The van der Waals surface area contributed by atoms with Crippen LogP contribution in [0.25, 0.3) is 11.1 Å². The highest BCUT2D eigenvalue weighted by molar-refractivity contribution is 6.30. The lowest BCUT2D eigenvalue weighted by molar-refractivity contribution is -0.385. The summed E-state index contributed by atoms with van der Waals surface area (Å²) in [6.07, 6.45) is 0. The van der Waals surface area contributed by atoms with E-state index in [-0.39, 0.29) is 5.56 Å². The van der Waals surface area contributed by atoms with Crippen molar-refractivity contribution in [3.05, 3.63) is 63.2 Å². The molecule has 19 heavy (non-hydrogen) atoms. The Balaban J connectivity index is 2.58. The van der Waals surface area contributed by atoms with Crippen molar-refractivity contribution in [2.75, 3.05) is 0 Å². The summed E-state index contributed by atoms with van der Waals surface area (Å²) < 4.78 is 0. The Kier molecular flexibility index (Phi) is 3.48. The zero-order valence-corrected chi connectivity index (χ0v) is 10.3. The van der Waals surface area contributed by atoms with Crippen LogP contribution in [0.15, 0.2) is 42.5 Å². The van der Waals surface area contributed by atoms with Gasteiger partial charge in [-0.2, -0.15) is 0 Å². The zero-order valence-electron chi connectivity index (χ0n) is 9.54. The van der Waals surface area contributed by atoms with Crippen molar-refractivity contribution in [2.45, 2.75) is 0 Å². The van der Waals surface area contributed by atoms with Crippen molar-refractivity contribution in [2.24, 2.45) is 0 Å². The van der Waals surface area contributed by atoms with Gasteiger partial charge in [-0.1, -0.05) is 29.8 Å². The number of hydrogen-bond acceptors (Lipinski definition) is 3. The van der Waals surface area contributed by atoms with Gasteiger partial charge in [-0.25, -0.2) is 4.79 Å². The summed E-state index contributed by atoms with van der Waals surface area (Å²) >= 11 is 5.85. The molecule has 0 bridgehead atoms. The molecule has 0 saturated heterocycles. The van der Waals surface area contributed by atoms with Gasteiger partial charge in [0.2, 0.25) is 0 Å². The van der Waals surface area contributed by atoms with E-state index in [9.17, 15) is 14.9 Å². The van der Waals surface area contributed by atoms with Crippen LogP contribution in [0.2, 0.25) is 5.02 Å². The van der Waals surface area contributed by atoms with E-state index in [1.54, 1.807) is 24.3 Å². The first-order valence-electron chi connectivity index (χ1n) is 5.26. The average molecular weight is 278 g/mol. The highest BCUT2D eigenvalue weighted by Gasteiger charge is 2.20. The van der Waals surface area contributed by atoms with Crippen molar-refractivity contribution >= 4 is 23.3 Å². The summed E-state index contributed by atoms with van der Waals surface area (Å²) in [4.78, 5) is 21.1. The van der Waals surface area contributed by atoms with Gasteiger partial charge in [-0.3, -0.25) is 10.1 Å². The van der Waals surface area contributed by atoms with E-state index in [0.29, 0.717) is 16.1 Å². The lowest BCUT2D eigenvalue weighted by Crippen LogP contribution is -2.02. The van der Waals surface area contributed by atoms with Crippen molar-refractivity contribution in [1.82, 2.24) is 0 Å². The first-order valence-corrected chi connectivity index (χ1v) is 5.64. The fourth-order valence-corrected chi connectivity index (χ4v) is 1.90. The smallest absolute Gasteiger partial charge is 0.342 e. The van der Waals surface area contributed by atoms with Crippen LogP contribution in [-0.4, -0.2) is 16.0 Å². The molecule has 0 aliphatic carbocycles. The minimum Gasteiger partial charge on any atom is -0.477 e. The number of nitro groups is 1. The molecule has 0 fully saturated rings. The highest BCUT2D eigenvalue weighted by atomic mass is 35.5. The van der Waals surface area contributed by atoms with E-state index < -0.39 is 16.6 Å². The minimum absolute atomic E-state index is 0.337. The van der Waals surface area contributed by atoms with Gasteiger partial charge in [0.05, 0.1) is 4.92 Å². The molecule has 0 saturated carbocycles. The van der Waals surface area contributed by atoms with Crippen LogP contribution < -0.4 is 0 Å². The van der Waals surface area contributed by atoms with Crippen LogP contribution in [0, 0.1) is 10.1 Å². The molecule has 0 amide bonds. The monoisotopic (exact) mass is 277 g/mol. The lowest BCUT2D eigenvalue weighted by atomic mass is 10.0. The summed E-state index contributed by atoms with van der Waals surface area (Å²) in [6, 6.07) is 10.8. The van der Waals surface area contributed by atoms with Crippen molar-refractivity contribution in [3.63, 3.8) is 0 Å². The van der Waals surface area contributed by atoms with Crippen LogP contribution in [0.1, 0.15) is 10.4 Å². The molecule has 0 aliphatic rings. The Bertz CT molecular complexity index is 669. The molecule has 0 radical (unpaired) electrons. The van der Waals surface area contributed by atoms with Crippen LogP contribution in [0.3, 0.4) is 0 Å². The summed E-state index contributed by atoms with van der Waals surface area (Å²) in [5.41, 5.74) is 0.451. The predicted molar refractivity (Wildman–Crippen MR) is 70.5 cm³/mol. The summed E-state index contributed by atoms with van der Waals surface area (Å²) in [5.74, 6) is -1.33. The number of nitro benzene ring substituents is 1. The van der Waals surface area contributed by atoms with Crippen molar-refractivity contribution < 1.29 is 14.8 Å². The van der Waals surface area contributed by atoms with Crippen LogP contribution in [0.4, 0.5) is 5.69 Å². The third-order valence-electron chi connectivity index (χ3n) is 2.58. The van der Waals surface area contributed by atoms with E-state index in [4.69, 9.17) is 16.7 Å². The topological polar surface area (TPSA) is 80.4 Å². The molecule has 0 unspecified atom stereocenters. The fraction of sp³-hybridized carbons (Fsp3) is 0. The molecule has 0 spiro atoms. The van der Waals surface area contributed by atoms with E-state index in [2.05, 4.69) is 0 Å². The fourth-order valence-electron chi connectivity index (χ4n) is 1.71. The van der Waals surface area contributed by atoms with Crippen LogP contribution in [-0.2, 0) is 0 Å². The van der Waals surface area contributed by atoms with Crippen LogP contribution in [0.5, 0.6) is 0 Å². The SMILES string of the molecule is O=C(O)c1ccc(-c2cccc(Cl)c2)cc1[N+](=O)[O-].